The first kappa shape index (κ1) is 22.0. The molecule has 1 aliphatic rings. The molecule has 2 heterocycles. The Hall–Kier alpha value is -3.17. The van der Waals surface area contributed by atoms with Crippen LogP contribution in [-0.4, -0.2) is 20.4 Å². The van der Waals surface area contributed by atoms with E-state index in [2.05, 4.69) is 32.0 Å². The molecule has 10 heteroatoms. The topological polar surface area (TPSA) is 133 Å². The summed E-state index contributed by atoms with van der Waals surface area (Å²) >= 11 is 6.37. The Morgan fingerprint density at radius 3 is 2.88 bits per heavy atom. The standard InChI is InChI=1S/C22H26ClN7O2/c1-3-17(29-21-15(10-26-12(2)32-25)20(24)27-11-28-21)18-9-13-5-4-6-16(23)19(13)22(31)30(18)14-7-8-14/h4-6,9,11,14,17H,3,7-8,10,25H2,1-2H3,(H3,24,27,28,29). The Morgan fingerprint density at radius 2 is 2.19 bits per heavy atom. The largest absolute Gasteiger partial charge is 0.397 e. The number of nitrogens with zero attached hydrogens (tertiary/aromatic N) is 4. The predicted octanol–water partition coefficient (Wildman–Crippen LogP) is 3.73. The number of nitrogens with two attached hydrogens (primary N) is 2. The van der Waals surface area contributed by atoms with E-state index < -0.39 is 0 Å². The van der Waals surface area contributed by atoms with E-state index in [1.165, 1.54) is 6.33 Å². The summed E-state index contributed by atoms with van der Waals surface area (Å²) in [4.78, 5) is 30.8. The van der Waals surface area contributed by atoms with Crippen LogP contribution in [0.3, 0.4) is 0 Å². The average Bonchev–Trinajstić information content (AvgIpc) is 3.61. The maximum Gasteiger partial charge on any atom is 0.260 e. The van der Waals surface area contributed by atoms with Gasteiger partial charge in [-0.05, 0) is 36.8 Å². The molecule has 1 fully saturated rings. The van der Waals surface area contributed by atoms with Crippen LogP contribution in [-0.2, 0) is 11.4 Å². The zero-order valence-corrected chi connectivity index (χ0v) is 18.8. The molecule has 4 rings (SSSR count). The average molecular weight is 456 g/mol. The molecule has 1 atom stereocenters. The van der Waals surface area contributed by atoms with Gasteiger partial charge in [0.2, 0.25) is 5.90 Å². The Morgan fingerprint density at radius 1 is 1.41 bits per heavy atom. The van der Waals surface area contributed by atoms with Gasteiger partial charge in [0, 0.05) is 18.7 Å². The minimum absolute atomic E-state index is 0.0615. The fourth-order valence-electron chi connectivity index (χ4n) is 3.82. The molecule has 1 saturated carbocycles. The number of hydrogen-bond donors (Lipinski definition) is 3. The molecule has 1 aliphatic carbocycles. The van der Waals surface area contributed by atoms with Crippen LogP contribution in [0.1, 0.15) is 56.5 Å². The summed E-state index contributed by atoms with van der Waals surface area (Å²) in [5, 5.41) is 5.30. The van der Waals surface area contributed by atoms with E-state index >= 15 is 0 Å². The van der Waals surface area contributed by atoms with Gasteiger partial charge in [-0.15, -0.1) is 0 Å². The van der Waals surface area contributed by atoms with E-state index in [0.717, 1.165) is 30.3 Å². The molecule has 0 bridgehead atoms. The third kappa shape index (κ3) is 4.26. The van der Waals surface area contributed by atoms with Gasteiger partial charge >= 0.3 is 0 Å². The van der Waals surface area contributed by atoms with Crippen LogP contribution in [0.25, 0.3) is 10.8 Å². The second-order valence-electron chi connectivity index (χ2n) is 7.82. The molecule has 0 spiro atoms. The molecule has 0 saturated heterocycles. The molecular formula is C22H26ClN7O2. The lowest BCUT2D eigenvalue weighted by Gasteiger charge is -2.24. The Labute approximate surface area is 190 Å². The van der Waals surface area contributed by atoms with Crippen molar-refractivity contribution >= 4 is 39.9 Å². The van der Waals surface area contributed by atoms with Crippen LogP contribution >= 0.6 is 11.6 Å². The third-order valence-electron chi connectivity index (χ3n) is 5.66. The minimum Gasteiger partial charge on any atom is -0.397 e. The van der Waals surface area contributed by atoms with E-state index in [1.807, 2.05) is 22.8 Å². The summed E-state index contributed by atoms with van der Waals surface area (Å²) in [5.41, 5.74) is 7.57. The molecule has 168 valence electrons. The van der Waals surface area contributed by atoms with Crippen molar-refractivity contribution in [1.82, 2.24) is 14.5 Å². The first-order valence-electron chi connectivity index (χ1n) is 10.5. The smallest absolute Gasteiger partial charge is 0.260 e. The van der Waals surface area contributed by atoms with Crippen molar-refractivity contribution in [3.8, 4) is 0 Å². The van der Waals surface area contributed by atoms with Gasteiger partial charge in [-0.1, -0.05) is 30.7 Å². The van der Waals surface area contributed by atoms with Gasteiger partial charge in [0.25, 0.3) is 5.56 Å². The summed E-state index contributed by atoms with van der Waals surface area (Å²) in [6, 6.07) is 7.55. The fourth-order valence-corrected chi connectivity index (χ4v) is 4.08. The molecule has 0 amide bonds. The van der Waals surface area contributed by atoms with Crippen molar-refractivity contribution in [2.24, 2.45) is 10.9 Å². The van der Waals surface area contributed by atoms with E-state index in [-0.39, 0.29) is 24.2 Å². The summed E-state index contributed by atoms with van der Waals surface area (Å²) in [7, 11) is 0. The Bertz CT molecular complexity index is 1240. The number of nitrogens with one attached hydrogen (secondary N) is 1. The summed E-state index contributed by atoms with van der Waals surface area (Å²) < 4.78 is 1.88. The number of anilines is 2. The van der Waals surface area contributed by atoms with E-state index in [4.69, 9.17) is 23.2 Å². The van der Waals surface area contributed by atoms with Crippen molar-refractivity contribution in [2.45, 2.75) is 51.7 Å². The van der Waals surface area contributed by atoms with Gasteiger partial charge in [-0.3, -0.25) is 4.79 Å². The van der Waals surface area contributed by atoms with Crippen LogP contribution in [0.4, 0.5) is 11.6 Å². The second kappa shape index (κ2) is 9.13. The number of aliphatic imine (C=N–C) groups is 1. The summed E-state index contributed by atoms with van der Waals surface area (Å²) in [5.74, 6) is 6.35. The molecule has 3 aromatic rings. The number of fused-ring (bicyclic) bond motifs is 1. The van der Waals surface area contributed by atoms with Crippen molar-refractivity contribution < 1.29 is 4.84 Å². The Balaban J connectivity index is 1.79. The summed E-state index contributed by atoms with van der Waals surface area (Å²) in [6.45, 7) is 3.91. The van der Waals surface area contributed by atoms with Crippen molar-refractivity contribution in [1.29, 1.82) is 0 Å². The molecule has 1 unspecified atom stereocenters. The molecule has 1 aromatic carbocycles. The highest BCUT2D eigenvalue weighted by molar-refractivity contribution is 6.35. The van der Waals surface area contributed by atoms with Gasteiger partial charge < -0.3 is 20.5 Å². The number of hydrogen-bond acceptors (Lipinski definition) is 8. The number of halogens is 1. The van der Waals surface area contributed by atoms with E-state index in [0.29, 0.717) is 33.5 Å². The van der Waals surface area contributed by atoms with E-state index in [9.17, 15) is 4.79 Å². The number of benzene rings is 1. The normalized spacial score (nSPS) is 15.1. The molecule has 0 radical (unpaired) electrons. The fraction of sp³-hybridized carbons (Fsp3) is 0.364. The van der Waals surface area contributed by atoms with Crippen LogP contribution in [0, 0.1) is 0 Å². The summed E-state index contributed by atoms with van der Waals surface area (Å²) in [6.07, 6.45) is 4.06. The quantitative estimate of drug-likeness (QED) is 0.280. The minimum atomic E-state index is -0.185. The van der Waals surface area contributed by atoms with Crippen molar-refractivity contribution in [3.05, 3.63) is 57.2 Å². The molecule has 0 aliphatic heterocycles. The van der Waals surface area contributed by atoms with Crippen LogP contribution in [0.5, 0.6) is 0 Å². The Kier molecular flexibility index (Phi) is 6.29. The van der Waals surface area contributed by atoms with Gasteiger partial charge in [0.15, 0.2) is 0 Å². The maximum atomic E-state index is 13.4. The van der Waals surface area contributed by atoms with Gasteiger partial charge in [-0.2, -0.15) is 5.90 Å². The molecule has 5 N–H and O–H groups in total. The number of aromatic nitrogens is 3. The van der Waals surface area contributed by atoms with Gasteiger partial charge in [0.1, 0.15) is 18.0 Å². The van der Waals surface area contributed by atoms with E-state index in [1.54, 1.807) is 13.0 Å². The zero-order chi connectivity index (χ0) is 22.8. The molecular weight excluding hydrogens is 430 g/mol. The molecule has 2 aromatic heterocycles. The highest BCUT2D eigenvalue weighted by Crippen LogP contribution is 2.38. The van der Waals surface area contributed by atoms with Crippen molar-refractivity contribution in [2.75, 3.05) is 11.1 Å². The van der Waals surface area contributed by atoms with Crippen LogP contribution < -0.4 is 22.5 Å². The molecule has 9 nitrogen and oxygen atoms in total. The zero-order valence-electron chi connectivity index (χ0n) is 18.0. The first-order valence-corrected chi connectivity index (χ1v) is 10.9. The van der Waals surface area contributed by atoms with Crippen LogP contribution in [0.2, 0.25) is 5.02 Å². The highest BCUT2D eigenvalue weighted by Gasteiger charge is 2.30. The van der Waals surface area contributed by atoms with Gasteiger partial charge in [0.05, 0.1) is 28.6 Å². The van der Waals surface area contributed by atoms with Crippen LogP contribution in [0.15, 0.2) is 40.4 Å². The van der Waals surface area contributed by atoms with Gasteiger partial charge in [-0.25, -0.2) is 15.0 Å². The second-order valence-corrected chi connectivity index (χ2v) is 8.23. The lowest BCUT2D eigenvalue weighted by atomic mass is 10.0. The lowest BCUT2D eigenvalue weighted by molar-refractivity contribution is 0.316. The predicted molar refractivity (Wildman–Crippen MR) is 127 cm³/mol. The third-order valence-corrected chi connectivity index (χ3v) is 5.97. The number of nitrogen functional groups attached to an aromatic ring is 1. The first-order chi connectivity index (χ1) is 15.4. The number of pyridine rings is 1. The molecule has 32 heavy (non-hydrogen) atoms. The monoisotopic (exact) mass is 455 g/mol. The maximum absolute atomic E-state index is 13.4. The lowest BCUT2D eigenvalue weighted by Crippen LogP contribution is -2.27. The number of rotatable bonds is 7. The highest BCUT2D eigenvalue weighted by atomic mass is 35.5. The van der Waals surface area contributed by atoms with Crippen molar-refractivity contribution in [3.63, 3.8) is 0 Å². The SMILES string of the molecule is CCC(Nc1ncnc(N)c1CN=C(C)ON)c1cc2cccc(Cl)c2c(=O)n1C1CC1.